The van der Waals surface area contributed by atoms with Crippen LogP contribution in [0.1, 0.15) is 46.3 Å². The number of nitrogens with two attached hydrogens (primary N) is 1. The summed E-state index contributed by atoms with van der Waals surface area (Å²) in [5.74, 6) is 0.0156. The van der Waals surface area contributed by atoms with Crippen molar-refractivity contribution >= 4 is 22.1 Å². The predicted molar refractivity (Wildman–Crippen MR) is 81.3 cm³/mol. The smallest absolute Gasteiger partial charge is 0.196 e. The number of ether oxygens (including phenoxy) is 1. The van der Waals surface area contributed by atoms with Crippen LogP contribution in [0.3, 0.4) is 0 Å². The van der Waals surface area contributed by atoms with E-state index in [4.69, 9.17) is 10.5 Å². The maximum atomic E-state index is 12.7. The van der Waals surface area contributed by atoms with Gasteiger partial charge in [0.15, 0.2) is 5.78 Å². The molecule has 20 heavy (non-hydrogen) atoms. The van der Waals surface area contributed by atoms with Gasteiger partial charge in [-0.15, -0.1) is 11.3 Å². The number of hydrogen-bond acceptors (Lipinski definition) is 4. The van der Waals surface area contributed by atoms with E-state index in [0.29, 0.717) is 16.1 Å². The van der Waals surface area contributed by atoms with Crippen LogP contribution in [0.25, 0.3) is 0 Å². The second-order valence-corrected chi connectivity index (χ2v) is 6.26. The number of ketones is 1. The summed E-state index contributed by atoms with van der Waals surface area (Å²) >= 11 is 1.48. The molecule has 0 aliphatic carbocycles. The highest BCUT2D eigenvalue weighted by Crippen LogP contribution is 2.42. The molecule has 0 bridgehead atoms. The molecule has 1 aromatic carbocycles. The third kappa shape index (κ3) is 2.15. The third-order valence-electron chi connectivity index (χ3n) is 3.63. The van der Waals surface area contributed by atoms with Crippen LogP contribution in [-0.4, -0.2) is 11.9 Å². The van der Waals surface area contributed by atoms with Crippen LogP contribution < -0.4 is 5.73 Å². The molecule has 2 unspecified atom stereocenters. The van der Waals surface area contributed by atoms with Crippen LogP contribution in [0.4, 0.5) is 5.00 Å². The predicted octanol–water partition coefficient (Wildman–Crippen LogP) is 3.58. The lowest BCUT2D eigenvalue weighted by atomic mass is 9.94. The zero-order valence-electron chi connectivity index (χ0n) is 11.6. The van der Waals surface area contributed by atoms with Crippen molar-refractivity contribution < 1.29 is 9.53 Å². The first-order chi connectivity index (χ1) is 9.58. The molecule has 0 spiro atoms. The molecule has 0 fully saturated rings. The molecule has 3 nitrogen and oxygen atoms in total. The van der Waals surface area contributed by atoms with Crippen molar-refractivity contribution in [2.45, 2.75) is 32.5 Å². The first kappa shape index (κ1) is 13.3. The van der Waals surface area contributed by atoms with Crippen LogP contribution in [0, 0.1) is 0 Å². The number of hydrogen-bond donors (Lipinski definition) is 1. The van der Waals surface area contributed by atoms with Gasteiger partial charge in [0, 0.05) is 16.9 Å². The van der Waals surface area contributed by atoms with Gasteiger partial charge in [0.25, 0.3) is 0 Å². The summed E-state index contributed by atoms with van der Waals surface area (Å²) in [6, 6.07) is 9.31. The van der Waals surface area contributed by atoms with Gasteiger partial charge in [-0.3, -0.25) is 4.79 Å². The fourth-order valence-corrected chi connectivity index (χ4v) is 3.85. The average Bonchev–Trinajstić information content (AvgIpc) is 2.76. The molecular weight excluding hydrogens is 270 g/mol. The average molecular weight is 287 g/mol. The van der Waals surface area contributed by atoms with Crippen LogP contribution in [-0.2, 0) is 11.2 Å². The zero-order chi connectivity index (χ0) is 14.3. The molecule has 2 aromatic rings. The molecule has 4 heteroatoms. The number of fused-ring (bicyclic) bond motifs is 1. The Morgan fingerprint density at radius 2 is 2.00 bits per heavy atom. The first-order valence-electron chi connectivity index (χ1n) is 6.74. The molecule has 1 aromatic heterocycles. The van der Waals surface area contributed by atoms with Gasteiger partial charge in [-0.05, 0) is 19.4 Å². The molecule has 0 saturated carbocycles. The number of anilines is 1. The maximum Gasteiger partial charge on any atom is 0.196 e. The lowest BCUT2D eigenvalue weighted by Gasteiger charge is -2.25. The number of benzene rings is 1. The van der Waals surface area contributed by atoms with E-state index < -0.39 is 0 Å². The SMILES string of the molecule is CC1Cc2c(sc(N)c2C(=O)c2ccccc2)C(C)O1. The second kappa shape index (κ2) is 5.04. The Balaban J connectivity index is 2.09. The van der Waals surface area contributed by atoms with Gasteiger partial charge < -0.3 is 10.5 Å². The molecule has 2 atom stereocenters. The molecule has 0 radical (unpaired) electrons. The molecular formula is C16H17NO2S. The summed E-state index contributed by atoms with van der Waals surface area (Å²) in [7, 11) is 0. The lowest BCUT2D eigenvalue weighted by molar-refractivity contribution is -0.00226. The number of carbonyl (C=O) groups is 1. The molecule has 1 aliphatic rings. The Hall–Kier alpha value is -1.65. The van der Waals surface area contributed by atoms with Crippen molar-refractivity contribution in [3.63, 3.8) is 0 Å². The summed E-state index contributed by atoms with van der Waals surface area (Å²) < 4.78 is 5.81. The summed E-state index contributed by atoms with van der Waals surface area (Å²) in [5.41, 5.74) is 8.55. The molecule has 2 heterocycles. The summed E-state index contributed by atoms with van der Waals surface area (Å²) in [6.45, 7) is 4.05. The highest BCUT2D eigenvalue weighted by molar-refractivity contribution is 7.16. The summed E-state index contributed by atoms with van der Waals surface area (Å²) in [5, 5.41) is 0.605. The summed E-state index contributed by atoms with van der Waals surface area (Å²) in [6.07, 6.45) is 0.883. The fraction of sp³-hybridized carbons (Fsp3) is 0.312. The van der Waals surface area contributed by atoms with Crippen molar-refractivity contribution in [2.24, 2.45) is 0 Å². The van der Waals surface area contributed by atoms with Gasteiger partial charge in [-0.2, -0.15) is 0 Å². The van der Waals surface area contributed by atoms with Crippen LogP contribution >= 0.6 is 11.3 Å². The Morgan fingerprint density at radius 1 is 1.30 bits per heavy atom. The molecule has 1 aliphatic heterocycles. The van der Waals surface area contributed by atoms with Crippen molar-refractivity contribution in [3.8, 4) is 0 Å². The van der Waals surface area contributed by atoms with E-state index in [0.717, 1.165) is 16.9 Å². The van der Waals surface area contributed by atoms with Crippen molar-refractivity contribution in [3.05, 3.63) is 51.9 Å². The van der Waals surface area contributed by atoms with E-state index in [1.54, 1.807) is 0 Å². The summed E-state index contributed by atoms with van der Waals surface area (Å²) in [4.78, 5) is 13.8. The number of carbonyl (C=O) groups excluding carboxylic acids is 1. The van der Waals surface area contributed by atoms with Crippen LogP contribution in [0.5, 0.6) is 0 Å². The fourth-order valence-electron chi connectivity index (χ4n) is 2.76. The Kier molecular flexibility index (Phi) is 3.36. The second-order valence-electron chi connectivity index (χ2n) is 5.17. The van der Waals surface area contributed by atoms with Gasteiger partial charge >= 0.3 is 0 Å². The number of thiophene rings is 1. The minimum absolute atomic E-state index is 0.0124. The first-order valence-corrected chi connectivity index (χ1v) is 7.55. The minimum Gasteiger partial charge on any atom is -0.390 e. The molecule has 3 rings (SSSR count). The topological polar surface area (TPSA) is 52.3 Å². The molecule has 0 saturated heterocycles. The van der Waals surface area contributed by atoms with Gasteiger partial charge in [0.2, 0.25) is 0 Å². The number of rotatable bonds is 2. The van der Waals surface area contributed by atoms with E-state index in [9.17, 15) is 4.79 Å². The minimum atomic E-state index is 0.0124. The Labute approximate surface area is 122 Å². The Bertz CT molecular complexity index is 648. The quantitative estimate of drug-likeness (QED) is 0.859. The van der Waals surface area contributed by atoms with Gasteiger partial charge in [-0.1, -0.05) is 30.3 Å². The van der Waals surface area contributed by atoms with Crippen molar-refractivity contribution in [1.29, 1.82) is 0 Å². The van der Waals surface area contributed by atoms with E-state index in [2.05, 4.69) is 0 Å². The van der Waals surface area contributed by atoms with Crippen molar-refractivity contribution in [2.75, 3.05) is 5.73 Å². The van der Waals surface area contributed by atoms with E-state index >= 15 is 0 Å². The van der Waals surface area contributed by atoms with Crippen LogP contribution in [0.15, 0.2) is 30.3 Å². The standard InChI is InChI=1S/C16H17NO2S/c1-9-8-12-13(14(18)11-6-4-3-5-7-11)16(17)20-15(12)10(2)19-9/h3-7,9-10H,8,17H2,1-2H3. The zero-order valence-corrected chi connectivity index (χ0v) is 12.4. The largest absolute Gasteiger partial charge is 0.390 e. The normalized spacial score (nSPS) is 21.5. The third-order valence-corrected chi connectivity index (χ3v) is 4.85. The van der Waals surface area contributed by atoms with Gasteiger partial charge in [0.05, 0.1) is 22.8 Å². The van der Waals surface area contributed by atoms with E-state index in [-0.39, 0.29) is 18.0 Å². The van der Waals surface area contributed by atoms with E-state index in [1.807, 2.05) is 44.2 Å². The van der Waals surface area contributed by atoms with Gasteiger partial charge in [0.1, 0.15) is 0 Å². The van der Waals surface area contributed by atoms with Gasteiger partial charge in [-0.25, -0.2) is 0 Å². The monoisotopic (exact) mass is 287 g/mol. The van der Waals surface area contributed by atoms with Crippen LogP contribution in [0.2, 0.25) is 0 Å². The molecule has 104 valence electrons. The number of nitrogen functional groups attached to an aromatic ring is 1. The maximum absolute atomic E-state index is 12.7. The Morgan fingerprint density at radius 3 is 2.70 bits per heavy atom. The molecule has 0 amide bonds. The highest BCUT2D eigenvalue weighted by Gasteiger charge is 2.31. The van der Waals surface area contributed by atoms with Crippen molar-refractivity contribution in [1.82, 2.24) is 0 Å². The lowest BCUT2D eigenvalue weighted by Crippen LogP contribution is -2.22. The molecule has 2 N–H and O–H groups in total. The highest BCUT2D eigenvalue weighted by atomic mass is 32.1. The van der Waals surface area contributed by atoms with E-state index in [1.165, 1.54) is 11.3 Å².